The summed E-state index contributed by atoms with van der Waals surface area (Å²) in [4.78, 5) is 26.3. The second kappa shape index (κ2) is 8.23. The zero-order valence-electron chi connectivity index (χ0n) is 15.0. The summed E-state index contributed by atoms with van der Waals surface area (Å²) in [5.41, 5.74) is 2.42. The topological polar surface area (TPSA) is 70.7 Å². The van der Waals surface area contributed by atoms with Gasteiger partial charge in [-0.05, 0) is 55.0 Å². The lowest BCUT2D eigenvalue weighted by molar-refractivity contribution is 0.0919. The van der Waals surface area contributed by atoms with Crippen LogP contribution < -0.4 is 15.4 Å². The molecule has 1 saturated heterocycles. The molecule has 0 bridgehead atoms. The van der Waals surface area contributed by atoms with Gasteiger partial charge in [0.1, 0.15) is 5.75 Å². The fourth-order valence-electron chi connectivity index (χ4n) is 3.05. The van der Waals surface area contributed by atoms with E-state index in [0.717, 1.165) is 29.8 Å². The molecule has 138 valence electrons. The van der Waals surface area contributed by atoms with E-state index in [1.54, 1.807) is 12.0 Å². The summed E-state index contributed by atoms with van der Waals surface area (Å²) in [6.45, 7) is 3.18. The van der Waals surface area contributed by atoms with Crippen LogP contribution in [0.3, 0.4) is 0 Å². The van der Waals surface area contributed by atoms with Crippen LogP contribution in [0.15, 0.2) is 35.0 Å². The fraction of sp³-hybridized carbons (Fsp3) is 0.368. The molecule has 7 heteroatoms. The van der Waals surface area contributed by atoms with E-state index in [9.17, 15) is 9.59 Å². The van der Waals surface area contributed by atoms with Gasteiger partial charge in [0.05, 0.1) is 7.11 Å². The number of methoxy groups -OCH3 is 1. The number of benzene rings is 1. The molecule has 2 heterocycles. The Morgan fingerprint density at radius 2 is 2.00 bits per heavy atom. The van der Waals surface area contributed by atoms with E-state index in [1.165, 1.54) is 11.3 Å². The van der Waals surface area contributed by atoms with Gasteiger partial charge in [-0.25, -0.2) is 4.79 Å². The molecule has 2 N–H and O–H groups in total. The van der Waals surface area contributed by atoms with Gasteiger partial charge in [-0.1, -0.05) is 0 Å². The zero-order chi connectivity index (χ0) is 18.5. The molecule has 3 rings (SSSR count). The average molecular weight is 373 g/mol. The van der Waals surface area contributed by atoms with Crippen LogP contribution in [0.25, 0.3) is 0 Å². The Bertz CT molecular complexity index is 768. The van der Waals surface area contributed by atoms with E-state index in [4.69, 9.17) is 4.74 Å². The van der Waals surface area contributed by atoms with Gasteiger partial charge in [-0.3, -0.25) is 4.79 Å². The third-order valence-electron chi connectivity index (χ3n) is 4.55. The van der Waals surface area contributed by atoms with Gasteiger partial charge in [0.2, 0.25) is 0 Å². The molecular weight excluding hydrogens is 350 g/mol. The highest BCUT2D eigenvalue weighted by molar-refractivity contribution is 7.08. The van der Waals surface area contributed by atoms with Crippen molar-refractivity contribution in [2.75, 3.05) is 25.5 Å². The Labute approximate surface area is 157 Å². The van der Waals surface area contributed by atoms with Crippen molar-refractivity contribution in [3.8, 4) is 5.75 Å². The van der Waals surface area contributed by atoms with Gasteiger partial charge >= 0.3 is 6.03 Å². The number of carbonyl (C=O) groups excluding carboxylic acids is 2. The molecule has 1 aromatic heterocycles. The van der Waals surface area contributed by atoms with E-state index < -0.39 is 0 Å². The number of aryl methyl sites for hydroxylation is 1. The molecule has 0 unspecified atom stereocenters. The molecule has 0 atom stereocenters. The Morgan fingerprint density at radius 3 is 2.62 bits per heavy atom. The normalized spacial score (nSPS) is 14.8. The average Bonchev–Trinajstić information content (AvgIpc) is 3.17. The van der Waals surface area contributed by atoms with Crippen LogP contribution in [0.5, 0.6) is 5.75 Å². The molecule has 1 aromatic carbocycles. The minimum atomic E-state index is -0.114. The standard InChI is InChI=1S/C19H23N3O3S/c1-13-11-16(3-4-17(13)25-2)21-19(24)22-8-5-15(6-9-22)20-18(23)14-7-10-26-12-14/h3-4,7,10-12,15H,5-6,8-9H2,1-2H3,(H,20,23)(H,21,24). The molecule has 0 radical (unpaired) electrons. The highest BCUT2D eigenvalue weighted by Crippen LogP contribution is 2.22. The lowest BCUT2D eigenvalue weighted by Gasteiger charge is -2.32. The van der Waals surface area contributed by atoms with Gasteiger partial charge in [0, 0.05) is 35.8 Å². The van der Waals surface area contributed by atoms with Crippen molar-refractivity contribution in [2.24, 2.45) is 0 Å². The number of ether oxygens (including phenoxy) is 1. The fourth-order valence-corrected chi connectivity index (χ4v) is 3.68. The molecule has 1 fully saturated rings. The summed E-state index contributed by atoms with van der Waals surface area (Å²) < 4.78 is 5.23. The zero-order valence-corrected chi connectivity index (χ0v) is 15.8. The number of nitrogens with zero attached hydrogens (tertiary/aromatic N) is 1. The molecular formula is C19H23N3O3S. The first kappa shape index (κ1) is 18.3. The number of nitrogens with one attached hydrogen (secondary N) is 2. The number of thiophene rings is 1. The Kier molecular flexibility index (Phi) is 5.78. The monoisotopic (exact) mass is 373 g/mol. The second-order valence-corrected chi connectivity index (χ2v) is 7.14. The van der Waals surface area contributed by atoms with E-state index in [1.807, 2.05) is 41.9 Å². The molecule has 0 aliphatic carbocycles. The molecule has 0 spiro atoms. The van der Waals surface area contributed by atoms with Gasteiger partial charge in [0.25, 0.3) is 5.91 Å². The van der Waals surface area contributed by atoms with Crippen LogP contribution in [0, 0.1) is 6.92 Å². The number of hydrogen-bond donors (Lipinski definition) is 2. The molecule has 1 aliphatic rings. The molecule has 2 aromatic rings. The van der Waals surface area contributed by atoms with Gasteiger partial charge in [-0.15, -0.1) is 0 Å². The maximum Gasteiger partial charge on any atom is 0.321 e. The van der Waals surface area contributed by atoms with Crippen molar-refractivity contribution in [1.29, 1.82) is 0 Å². The number of rotatable bonds is 4. The first-order valence-electron chi connectivity index (χ1n) is 8.60. The third kappa shape index (κ3) is 4.35. The first-order chi connectivity index (χ1) is 12.6. The number of urea groups is 1. The van der Waals surface area contributed by atoms with Crippen molar-refractivity contribution in [2.45, 2.75) is 25.8 Å². The largest absolute Gasteiger partial charge is 0.496 e. The van der Waals surface area contributed by atoms with Crippen LogP contribution in [0.1, 0.15) is 28.8 Å². The Balaban J connectivity index is 1.49. The Morgan fingerprint density at radius 1 is 1.23 bits per heavy atom. The van der Waals surface area contributed by atoms with Crippen LogP contribution in [-0.2, 0) is 0 Å². The van der Waals surface area contributed by atoms with Crippen molar-refractivity contribution < 1.29 is 14.3 Å². The van der Waals surface area contributed by atoms with Gasteiger partial charge < -0.3 is 20.3 Å². The van der Waals surface area contributed by atoms with Crippen molar-refractivity contribution in [3.63, 3.8) is 0 Å². The van der Waals surface area contributed by atoms with Crippen LogP contribution in [0.4, 0.5) is 10.5 Å². The van der Waals surface area contributed by atoms with Gasteiger partial charge in [-0.2, -0.15) is 11.3 Å². The summed E-state index contributed by atoms with van der Waals surface area (Å²) in [5, 5.41) is 9.71. The lowest BCUT2D eigenvalue weighted by atomic mass is 10.0. The molecule has 6 nitrogen and oxygen atoms in total. The number of piperidine rings is 1. The smallest absolute Gasteiger partial charge is 0.321 e. The number of likely N-dealkylation sites (tertiary alicyclic amines) is 1. The summed E-state index contributed by atoms with van der Waals surface area (Å²) in [6.07, 6.45) is 1.51. The summed E-state index contributed by atoms with van der Waals surface area (Å²) in [5.74, 6) is 0.757. The highest BCUT2D eigenvalue weighted by Gasteiger charge is 2.24. The molecule has 26 heavy (non-hydrogen) atoms. The molecule has 0 saturated carbocycles. The van der Waals surface area contributed by atoms with E-state index in [0.29, 0.717) is 18.7 Å². The van der Waals surface area contributed by atoms with Crippen LogP contribution in [-0.4, -0.2) is 43.1 Å². The minimum absolute atomic E-state index is 0.0390. The van der Waals surface area contributed by atoms with Crippen LogP contribution >= 0.6 is 11.3 Å². The predicted molar refractivity (Wildman–Crippen MR) is 103 cm³/mol. The van der Waals surface area contributed by atoms with Crippen LogP contribution in [0.2, 0.25) is 0 Å². The van der Waals surface area contributed by atoms with Crippen molar-refractivity contribution >= 4 is 29.0 Å². The van der Waals surface area contributed by atoms with Crippen molar-refractivity contribution in [3.05, 3.63) is 46.2 Å². The predicted octanol–water partition coefficient (Wildman–Crippen LogP) is 3.49. The first-order valence-corrected chi connectivity index (χ1v) is 9.54. The second-order valence-electron chi connectivity index (χ2n) is 6.36. The van der Waals surface area contributed by atoms with Gasteiger partial charge in [0.15, 0.2) is 0 Å². The number of anilines is 1. The van der Waals surface area contributed by atoms with E-state index in [2.05, 4.69) is 10.6 Å². The summed E-state index contributed by atoms with van der Waals surface area (Å²) in [7, 11) is 1.63. The number of carbonyl (C=O) groups is 2. The maximum absolute atomic E-state index is 12.4. The lowest BCUT2D eigenvalue weighted by Crippen LogP contribution is -2.47. The molecule has 1 aliphatic heterocycles. The third-order valence-corrected chi connectivity index (χ3v) is 5.23. The highest BCUT2D eigenvalue weighted by atomic mass is 32.1. The maximum atomic E-state index is 12.4. The number of hydrogen-bond acceptors (Lipinski definition) is 4. The molecule has 3 amide bonds. The van der Waals surface area contributed by atoms with E-state index in [-0.39, 0.29) is 18.0 Å². The minimum Gasteiger partial charge on any atom is -0.496 e. The Hall–Kier alpha value is -2.54. The van der Waals surface area contributed by atoms with E-state index >= 15 is 0 Å². The van der Waals surface area contributed by atoms with Crippen molar-refractivity contribution in [1.82, 2.24) is 10.2 Å². The number of amides is 3. The summed E-state index contributed by atoms with van der Waals surface area (Å²) >= 11 is 1.51. The quantitative estimate of drug-likeness (QED) is 0.862. The SMILES string of the molecule is COc1ccc(NC(=O)N2CCC(NC(=O)c3ccsc3)CC2)cc1C. The summed E-state index contributed by atoms with van der Waals surface area (Å²) in [6, 6.07) is 7.38.